The molecule has 0 saturated heterocycles. The lowest BCUT2D eigenvalue weighted by Gasteiger charge is -2.30. The van der Waals surface area contributed by atoms with Gasteiger partial charge in [-0.15, -0.1) is 0 Å². The molecule has 0 bridgehead atoms. The van der Waals surface area contributed by atoms with Crippen molar-refractivity contribution in [3.63, 3.8) is 0 Å². The van der Waals surface area contributed by atoms with E-state index in [0.29, 0.717) is 17.5 Å². The van der Waals surface area contributed by atoms with Crippen LogP contribution in [0.4, 0.5) is 0 Å². The molecule has 0 radical (unpaired) electrons. The lowest BCUT2D eigenvalue weighted by Crippen LogP contribution is -2.35. The summed E-state index contributed by atoms with van der Waals surface area (Å²) >= 11 is 0. The van der Waals surface area contributed by atoms with Crippen LogP contribution in [0.2, 0.25) is 0 Å². The number of phenolic OH excluding ortho intramolecular Hbond substituents is 2. The fourth-order valence-electron chi connectivity index (χ4n) is 2.16. The molecule has 1 aromatic carbocycles. The molecular weight excluding hydrogens is 194 g/mol. The molecule has 1 aliphatic rings. The summed E-state index contributed by atoms with van der Waals surface area (Å²) in [5.74, 6) is -0.218. The third-order valence-corrected chi connectivity index (χ3v) is 3.07. The Morgan fingerprint density at radius 1 is 1.33 bits per heavy atom. The predicted octanol–water partition coefficient (Wildman–Crippen LogP) is 0.665. The van der Waals surface area contributed by atoms with Gasteiger partial charge in [-0.3, -0.25) is 0 Å². The molecule has 0 aromatic heterocycles. The van der Waals surface area contributed by atoms with Gasteiger partial charge in [0.2, 0.25) is 0 Å². The first-order valence-corrected chi connectivity index (χ1v) is 5.04. The van der Waals surface area contributed by atoms with E-state index in [1.54, 1.807) is 13.1 Å². The van der Waals surface area contributed by atoms with E-state index in [-0.39, 0.29) is 17.5 Å². The topological polar surface area (TPSA) is 72.7 Å². The summed E-state index contributed by atoms with van der Waals surface area (Å²) in [7, 11) is 1.80. The molecule has 0 spiro atoms. The van der Waals surface area contributed by atoms with Gasteiger partial charge in [0.15, 0.2) is 11.5 Å². The quantitative estimate of drug-likeness (QED) is 0.513. The molecular formula is C11H15NO3. The number of nitrogens with one attached hydrogen (secondary N) is 1. The van der Waals surface area contributed by atoms with Crippen LogP contribution in [0, 0.1) is 0 Å². The van der Waals surface area contributed by atoms with Gasteiger partial charge in [-0.2, -0.15) is 0 Å². The average Bonchev–Trinajstić information content (AvgIpc) is 2.24. The zero-order valence-electron chi connectivity index (χ0n) is 8.57. The third-order valence-electron chi connectivity index (χ3n) is 3.07. The molecule has 4 N–H and O–H groups in total. The lowest BCUT2D eigenvalue weighted by molar-refractivity contribution is 0.118. The van der Waals surface area contributed by atoms with E-state index in [1.165, 1.54) is 6.07 Å². The van der Waals surface area contributed by atoms with Crippen LogP contribution in [0.5, 0.6) is 11.5 Å². The van der Waals surface area contributed by atoms with Crippen LogP contribution < -0.4 is 5.32 Å². The van der Waals surface area contributed by atoms with E-state index < -0.39 is 6.10 Å². The third kappa shape index (κ3) is 1.56. The first-order chi connectivity index (χ1) is 7.15. The molecule has 0 fully saturated rings. The Kier molecular flexibility index (Phi) is 2.54. The van der Waals surface area contributed by atoms with Crippen molar-refractivity contribution in [3.8, 4) is 11.5 Å². The Hall–Kier alpha value is -1.26. The maximum atomic E-state index is 9.98. The smallest absolute Gasteiger partial charge is 0.161 e. The minimum Gasteiger partial charge on any atom is -0.504 e. The number of aliphatic hydroxyl groups excluding tert-OH is 1. The second-order valence-corrected chi connectivity index (χ2v) is 3.88. The summed E-state index contributed by atoms with van der Waals surface area (Å²) in [5.41, 5.74) is 1.37. The van der Waals surface area contributed by atoms with Gasteiger partial charge in [-0.1, -0.05) is 6.07 Å². The van der Waals surface area contributed by atoms with Gasteiger partial charge in [0.05, 0.1) is 6.10 Å². The van der Waals surface area contributed by atoms with Gasteiger partial charge in [-0.05, 0) is 31.5 Å². The van der Waals surface area contributed by atoms with E-state index in [1.807, 2.05) is 0 Å². The minimum absolute atomic E-state index is 0.0152. The van der Waals surface area contributed by atoms with E-state index in [2.05, 4.69) is 5.32 Å². The molecule has 0 aliphatic heterocycles. The van der Waals surface area contributed by atoms with Gasteiger partial charge in [0.25, 0.3) is 0 Å². The molecule has 2 rings (SSSR count). The molecule has 82 valence electrons. The largest absolute Gasteiger partial charge is 0.504 e. The van der Waals surface area contributed by atoms with E-state index in [0.717, 1.165) is 6.42 Å². The zero-order valence-corrected chi connectivity index (χ0v) is 8.57. The fraction of sp³-hybridized carbons (Fsp3) is 0.455. The SMILES string of the molecule is CN[C@@H]1CCc2c(ccc(O)c2O)C1O. The van der Waals surface area contributed by atoms with E-state index >= 15 is 0 Å². The Morgan fingerprint density at radius 3 is 2.73 bits per heavy atom. The van der Waals surface area contributed by atoms with Crippen LogP contribution in [-0.2, 0) is 6.42 Å². The Bertz CT molecular complexity index is 378. The minimum atomic E-state index is -0.620. The first kappa shape index (κ1) is 10.3. The molecule has 15 heavy (non-hydrogen) atoms. The summed E-state index contributed by atoms with van der Waals surface area (Å²) < 4.78 is 0. The number of benzene rings is 1. The summed E-state index contributed by atoms with van der Waals surface area (Å²) in [6.07, 6.45) is 0.796. The number of rotatable bonds is 1. The maximum Gasteiger partial charge on any atom is 0.161 e. The molecule has 4 heteroatoms. The fourth-order valence-corrected chi connectivity index (χ4v) is 2.16. The van der Waals surface area contributed by atoms with Crippen LogP contribution in [0.3, 0.4) is 0 Å². The van der Waals surface area contributed by atoms with Crippen LogP contribution in [0.1, 0.15) is 23.7 Å². The van der Waals surface area contributed by atoms with Crippen LogP contribution in [-0.4, -0.2) is 28.4 Å². The molecule has 0 heterocycles. The van der Waals surface area contributed by atoms with E-state index in [4.69, 9.17) is 0 Å². The van der Waals surface area contributed by atoms with Crippen molar-refractivity contribution >= 4 is 0 Å². The molecule has 0 saturated carbocycles. The number of aromatic hydroxyl groups is 2. The highest BCUT2D eigenvalue weighted by Crippen LogP contribution is 2.39. The molecule has 1 aromatic rings. The van der Waals surface area contributed by atoms with Gasteiger partial charge < -0.3 is 20.6 Å². The normalized spacial score (nSPS) is 24.9. The maximum absolute atomic E-state index is 9.98. The Labute approximate surface area is 88.2 Å². The number of fused-ring (bicyclic) bond motifs is 1. The molecule has 0 amide bonds. The number of hydrogen-bond donors (Lipinski definition) is 4. The van der Waals surface area contributed by atoms with Crippen molar-refractivity contribution in [3.05, 3.63) is 23.3 Å². The van der Waals surface area contributed by atoms with Crippen molar-refractivity contribution in [1.29, 1.82) is 0 Å². The average molecular weight is 209 g/mol. The van der Waals surface area contributed by atoms with Crippen LogP contribution in [0.25, 0.3) is 0 Å². The highest BCUT2D eigenvalue weighted by molar-refractivity contribution is 5.51. The number of likely N-dealkylation sites (N-methyl/N-ethyl adjacent to an activating group) is 1. The standard InChI is InChI=1S/C11H15NO3/c1-12-8-4-2-7-6(10(8)14)3-5-9(13)11(7)15/h3,5,8,10,12-15H,2,4H2,1H3/t8-,10?/m1/s1. The van der Waals surface area contributed by atoms with Crippen molar-refractivity contribution < 1.29 is 15.3 Å². The molecule has 1 unspecified atom stereocenters. The van der Waals surface area contributed by atoms with Crippen molar-refractivity contribution in [2.75, 3.05) is 7.05 Å². The van der Waals surface area contributed by atoms with Crippen molar-refractivity contribution in [2.24, 2.45) is 0 Å². The summed E-state index contributed by atoms with van der Waals surface area (Å²) in [5, 5.41) is 32.0. The molecule has 2 atom stereocenters. The van der Waals surface area contributed by atoms with Gasteiger partial charge >= 0.3 is 0 Å². The first-order valence-electron chi connectivity index (χ1n) is 5.04. The van der Waals surface area contributed by atoms with Gasteiger partial charge in [-0.25, -0.2) is 0 Å². The number of phenols is 2. The highest BCUT2D eigenvalue weighted by atomic mass is 16.3. The monoisotopic (exact) mass is 209 g/mol. The number of aliphatic hydroxyl groups is 1. The zero-order chi connectivity index (χ0) is 11.0. The Morgan fingerprint density at radius 2 is 2.07 bits per heavy atom. The highest BCUT2D eigenvalue weighted by Gasteiger charge is 2.29. The summed E-state index contributed by atoms with van der Waals surface area (Å²) in [4.78, 5) is 0. The lowest BCUT2D eigenvalue weighted by atomic mass is 9.85. The van der Waals surface area contributed by atoms with Crippen LogP contribution in [0.15, 0.2) is 12.1 Å². The van der Waals surface area contributed by atoms with Gasteiger partial charge in [0.1, 0.15) is 0 Å². The molecule has 4 nitrogen and oxygen atoms in total. The summed E-state index contributed by atoms with van der Waals surface area (Å²) in [6.45, 7) is 0. The van der Waals surface area contributed by atoms with Crippen molar-refractivity contribution in [2.45, 2.75) is 25.0 Å². The summed E-state index contributed by atoms with van der Waals surface area (Å²) in [6, 6.07) is 3.09. The van der Waals surface area contributed by atoms with Crippen molar-refractivity contribution in [1.82, 2.24) is 5.32 Å². The predicted molar refractivity (Wildman–Crippen MR) is 55.9 cm³/mol. The second kappa shape index (κ2) is 3.72. The van der Waals surface area contributed by atoms with E-state index in [9.17, 15) is 15.3 Å². The Balaban J connectivity index is 2.45. The second-order valence-electron chi connectivity index (χ2n) is 3.88. The van der Waals surface area contributed by atoms with Gasteiger partial charge in [0, 0.05) is 11.6 Å². The number of hydrogen-bond acceptors (Lipinski definition) is 4. The van der Waals surface area contributed by atoms with Crippen LogP contribution >= 0.6 is 0 Å². The molecule has 1 aliphatic carbocycles.